The number of aryl methyl sites for hydroxylation is 2. The number of pyridine rings is 1. The van der Waals surface area contributed by atoms with Crippen LogP contribution >= 0.6 is 0 Å². The fourth-order valence-corrected chi connectivity index (χ4v) is 1.95. The van der Waals surface area contributed by atoms with Crippen LogP contribution in [0.5, 0.6) is 0 Å². The molecule has 0 saturated carbocycles. The minimum absolute atomic E-state index is 0.265. The number of nitrogens with one attached hydrogen (secondary N) is 1. The first-order chi connectivity index (χ1) is 6.27. The summed E-state index contributed by atoms with van der Waals surface area (Å²) in [4.78, 5) is 26.7. The second kappa shape index (κ2) is 1.96. The summed E-state index contributed by atoms with van der Waals surface area (Å²) >= 11 is 0. The normalized spacial score (nSPS) is 17.5. The van der Waals surface area contributed by atoms with Crippen molar-refractivity contribution in [2.24, 2.45) is 0 Å². The van der Waals surface area contributed by atoms with E-state index in [1.165, 1.54) is 0 Å². The van der Waals surface area contributed by atoms with E-state index in [-0.39, 0.29) is 11.8 Å². The third kappa shape index (κ3) is 0.678. The van der Waals surface area contributed by atoms with Crippen molar-refractivity contribution in [2.75, 3.05) is 0 Å². The number of nitrogens with zero attached hydrogens (tertiary/aromatic N) is 1. The molecule has 1 aliphatic carbocycles. The molecule has 3 aliphatic rings. The number of hydrogen-bond acceptors (Lipinski definition) is 3. The average molecular weight is 174 g/mol. The van der Waals surface area contributed by atoms with Crippen molar-refractivity contribution in [3.8, 4) is 0 Å². The van der Waals surface area contributed by atoms with Crippen LogP contribution in [0.25, 0.3) is 0 Å². The van der Waals surface area contributed by atoms with E-state index in [9.17, 15) is 9.59 Å². The Morgan fingerprint density at radius 2 is 1.92 bits per heavy atom. The highest BCUT2D eigenvalue weighted by molar-refractivity contribution is 6.22. The van der Waals surface area contributed by atoms with Gasteiger partial charge in [-0.2, -0.15) is 0 Å². The molecule has 2 amide bonds. The first-order valence-corrected chi connectivity index (χ1v) is 4.14. The van der Waals surface area contributed by atoms with Gasteiger partial charge in [0.25, 0.3) is 11.8 Å². The third-order valence-corrected chi connectivity index (χ3v) is 2.55. The number of hydrogen-bond donors (Lipinski definition) is 1. The van der Waals surface area contributed by atoms with Gasteiger partial charge in [0.05, 0.1) is 16.8 Å². The van der Waals surface area contributed by atoms with E-state index in [4.69, 9.17) is 0 Å². The fourth-order valence-electron chi connectivity index (χ4n) is 1.95. The van der Waals surface area contributed by atoms with Crippen LogP contribution in [0.2, 0.25) is 0 Å². The van der Waals surface area contributed by atoms with Crippen LogP contribution in [0.15, 0.2) is 6.20 Å². The number of carbonyl (C=O) groups excluding carboxylic acids is 2. The summed E-state index contributed by atoms with van der Waals surface area (Å²) in [5, 5.41) is 2.29. The van der Waals surface area contributed by atoms with Gasteiger partial charge in [0.15, 0.2) is 0 Å². The topological polar surface area (TPSA) is 59.1 Å². The van der Waals surface area contributed by atoms with Gasteiger partial charge in [-0.15, -0.1) is 0 Å². The van der Waals surface area contributed by atoms with Gasteiger partial charge >= 0.3 is 0 Å². The molecule has 4 heteroatoms. The minimum Gasteiger partial charge on any atom is -0.288 e. The molecular weight excluding hydrogens is 168 g/mol. The lowest BCUT2D eigenvalue weighted by molar-refractivity contribution is 0.0879. The Kier molecular flexibility index (Phi) is 1.02. The van der Waals surface area contributed by atoms with Crippen LogP contribution in [0.3, 0.4) is 0 Å². The largest absolute Gasteiger partial charge is 0.288 e. The molecule has 0 radical (unpaired) electrons. The number of rotatable bonds is 0. The maximum absolute atomic E-state index is 11.3. The van der Waals surface area contributed by atoms with Crippen molar-refractivity contribution in [2.45, 2.75) is 12.8 Å². The molecular formula is C9H6N2O2. The molecule has 2 aliphatic heterocycles. The van der Waals surface area contributed by atoms with Crippen molar-refractivity contribution in [3.05, 3.63) is 28.6 Å². The molecule has 0 saturated heterocycles. The van der Waals surface area contributed by atoms with E-state index in [1.54, 1.807) is 6.20 Å². The molecule has 64 valence electrons. The Hall–Kier alpha value is -1.71. The van der Waals surface area contributed by atoms with E-state index in [1.807, 2.05) is 0 Å². The monoisotopic (exact) mass is 174 g/mol. The summed E-state index contributed by atoms with van der Waals surface area (Å²) in [5.41, 5.74) is 2.72. The van der Waals surface area contributed by atoms with Crippen molar-refractivity contribution >= 4 is 11.8 Å². The SMILES string of the molecule is O=C1NC(=O)c2c3ncc(c21)CC3. The number of fused-ring (bicyclic) bond motifs is 2. The van der Waals surface area contributed by atoms with Gasteiger partial charge < -0.3 is 0 Å². The van der Waals surface area contributed by atoms with Crippen molar-refractivity contribution < 1.29 is 9.59 Å². The number of amides is 2. The van der Waals surface area contributed by atoms with E-state index < -0.39 is 0 Å². The quantitative estimate of drug-likeness (QED) is 0.566. The predicted octanol–water partition coefficient (Wildman–Crippen LogP) is 0.0638. The van der Waals surface area contributed by atoms with Crippen LogP contribution in [0, 0.1) is 0 Å². The summed E-state index contributed by atoms with van der Waals surface area (Å²) in [6.07, 6.45) is 3.31. The zero-order valence-corrected chi connectivity index (χ0v) is 6.76. The van der Waals surface area contributed by atoms with Gasteiger partial charge in [0.2, 0.25) is 0 Å². The highest BCUT2D eigenvalue weighted by Crippen LogP contribution is 2.28. The van der Waals surface area contributed by atoms with E-state index >= 15 is 0 Å². The third-order valence-electron chi connectivity index (χ3n) is 2.55. The Morgan fingerprint density at radius 1 is 1.15 bits per heavy atom. The standard InChI is InChI=1S/C9H6N2O2/c12-8-6-4-1-2-5(10-3-4)7(6)9(13)11-8/h3H,1-2H2,(H,11,12,13). The van der Waals surface area contributed by atoms with E-state index in [2.05, 4.69) is 10.3 Å². The Morgan fingerprint density at radius 3 is 2.54 bits per heavy atom. The number of imide groups is 1. The molecule has 0 atom stereocenters. The van der Waals surface area contributed by atoms with Crippen LogP contribution in [0.1, 0.15) is 32.0 Å². The molecule has 0 aromatic carbocycles. The molecule has 4 nitrogen and oxygen atoms in total. The zero-order valence-electron chi connectivity index (χ0n) is 6.76. The van der Waals surface area contributed by atoms with Gasteiger partial charge in [-0.1, -0.05) is 0 Å². The second-order valence-electron chi connectivity index (χ2n) is 3.26. The lowest BCUT2D eigenvalue weighted by Crippen LogP contribution is -2.20. The zero-order chi connectivity index (χ0) is 9.00. The first-order valence-electron chi connectivity index (χ1n) is 4.14. The molecule has 4 rings (SSSR count). The molecule has 1 aromatic rings. The highest BCUT2D eigenvalue weighted by atomic mass is 16.2. The lowest BCUT2D eigenvalue weighted by atomic mass is 9.92. The highest BCUT2D eigenvalue weighted by Gasteiger charge is 2.35. The van der Waals surface area contributed by atoms with Crippen LogP contribution in [-0.4, -0.2) is 16.8 Å². The minimum atomic E-state index is -0.288. The molecule has 0 unspecified atom stereocenters. The maximum Gasteiger partial charge on any atom is 0.260 e. The molecule has 2 bridgehead atoms. The Bertz CT molecular complexity index is 410. The van der Waals surface area contributed by atoms with Crippen LogP contribution < -0.4 is 5.32 Å². The van der Waals surface area contributed by atoms with Gasteiger partial charge in [-0.25, -0.2) is 0 Å². The van der Waals surface area contributed by atoms with Gasteiger partial charge in [-0.05, 0) is 18.4 Å². The van der Waals surface area contributed by atoms with E-state index in [0.29, 0.717) is 11.1 Å². The number of aromatic nitrogens is 1. The van der Waals surface area contributed by atoms with Gasteiger partial charge in [-0.3, -0.25) is 19.9 Å². The number of carbonyl (C=O) groups is 2. The van der Waals surface area contributed by atoms with Gasteiger partial charge in [0, 0.05) is 6.20 Å². The van der Waals surface area contributed by atoms with Crippen LogP contribution in [0.4, 0.5) is 0 Å². The molecule has 1 aromatic heterocycles. The molecule has 0 fully saturated rings. The summed E-state index contributed by atoms with van der Waals surface area (Å²) < 4.78 is 0. The molecule has 1 N–H and O–H groups in total. The van der Waals surface area contributed by atoms with Crippen molar-refractivity contribution in [1.82, 2.24) is 10.3 Å². The van der Waals surface area contributed by atoms with Gasteiger partial charge in [0.1, 0.15) is 0 Å². The summed E-state index contributed by atoms with van der Waals surface area (Å²) in [7, 11) is 0. The lowest BCUT2D eigenvalue weighted by Gasteiger charge is -2.14. The van der Waals surface area contributed by atoms with E-state index in [0.717, 1.165) is 24.1 Å². The van der Waals surface area contributed by atoms with Crippen LogP contribution in [-0.2, 0) is 12.8 Å². The second-order valence-corrected chi connectivity index (χ2v) is 3.26. The Labute approximate surface area is 74.0 Å². The maximum atomic E-state index is 11.3. The fraction of sp³-hybridized carbons (Fsp3) is 0.222. The summed E-state index contributed by atoms with van der Waals surface area (Å²) in [6, 6.07) is 0. The molecule has 0 spiro atoms. The molecule has 3 heterocycles. The molecule has 13 heavy (non-hydrogen) atoms. The Balaban J connectivity index is 2.44. The summed E-state index contributed by atoms with van der Waals surface area (Å²) in [5.74, 6) is -0.553. The average Bonchev–Trinajstić information content (AvgIpc) is 2.47. The first kappa shape index (κ1) is 6.77. The summed E-state index contributed by atoms with van der Waals surface area (Å²) in [6.45, 7) is 0. The van der Waals surface area contributed by atoms with Crippen molar-refractivity contribution in [3.63, 3.8) is 0 Å². The smallest absolute Gasteiger partial charge is 0.260 e. The predicted molar refractivity (Wildman–Crippen MR) is 43.4 cm³/mol. The van der Waals surface area contributed by atoms with Crippen molar-refractivity contribution in [1.29, 1.82) is 0 Å².